The molecule has 0 saturated heterocycles. The number of imidazole rings is 1. The van der Waals surface area contributed by atoms with Gasteiger partial charge in [0.05, 0.1) is 30.4 Å². The van der Waals surface area contributed by atoms with Crippen molar-refractivity contribution >= 4 is 34.2 Å². The predicted molar refractivity (Wildman–Crippen MR) is 133 cm³/mol. The summed E-state index contributed by atoms with van der Waals surface area (Å²) < 4.78 is 9.02. The molecule has 188 valence electrons. The van der Waals surface area contributed by atoms with Crippen LogP contribution in [0.5, 0.6) is 5.75 Å². The second-order valence-corrected chi connectivity index (χ2v) is 9.20. The van der Waals surface area contributed by atoms with Crippen molar-refractivity contribution in [2.45, 2.75) is 50.8 Å². The topological polar surface area (TPSA) is 127 Å². The van der Waals surface area contributed by atoms with Gasteiger partial charge in [-0.25, -0.2) is 4.98 Å². The van der Waals surface area contributed by atoms with Gasteiger partial charge in [-0.1, -0.05) is 0 Å². The van der Waals surface area contributed by atoms with E-state index >= 15 is 0 Å². The minimum atomic E-state index is -0.991. The van der Waals surface area contributed by atoms with Crippen LogP contribution in [0.25, 0.3) is 16.6 Å². The van der Waals surface area contributed by atoms with Gasteiger partial charge < -0.3 is 20.1 Å². The summed E-state index contributed by atoms with van der Waals surface area (Å²) in [5.74, 6) is 0.305. The van der Waals surface area contributed by atoms with E-state index in [9.17, 15) is 14.7 Å². The van der Waals surface area contributed by atoms with E-state index in [0.717, 1.165) is 36.6 Å². The number of carbonyl (C=O) groups is 2. The van der Waals surface area contributed by atoms with Crippen LogP contribution in [0.3, 0.4) is 0 Å². The van der Waals surface area contributed by atoms with Gasteiger partial charge in [0.1, 0.15) is 11.9 Å². The zero-order chi connectivity index (χ0) is 25.4. The van der Waals surface area contributed by atoms with Crippen molar-refractivity contribution < 1.29 is 19.4 Å². The first-order valence-corrected chi connectivity index (χ1v) is 12.0. The number of nitrogens with one attached hydrogen (secondary N) is 1. The van der Waals surface area contributed by atoms with E-state index in [1.54, 1.807) is 53.1 Å². The smallest absolute Gasteiger partial charge is 0.260 e. The number of rotatable bonds is 6. The maximum atomic E-state index is 13.2. The van der Waals surface area contributed by atoms with Crippen molar-refractivity contribution in [2.75, 3.05) is 19.5 Å². The number of aliphatic hydroxyl groups excluding tert-OH is 1. The van der Waals surface area contributed by atoms with Crippen LogP contribution in [-0.4, -0.2) is 72.5 Å². The van der Waals surface area contributed by atoms with E-state index < -0.39 is 6.10 Å². The Balaban J connectivity index is 1.34. The number of aliphatic hydroxyl groups is 1. The summed E-state index contributed by atoms with van der Waals surface area (Å²) in [6.45, 7) is 1.50. The maximum absolute atomic E-state index is 13.2. The Morgan fingerprint density at radius 3 is 2.75 bits per heavy atom. The standard InChI is InChI=1S/C25H29N7O4/c1-15(33)25(35)30(2)17-6-8-18(9-7-17)31-14-16-11-19(21(36-3)12-20(16)29-31)24(34)28-23-13-26-22-5-4-10-27-32(22)23/h4-5,10-15,17-18,33H,6-9H2,1-3H3,(H,28,34)/t15-,17-,18-/m0/s1. The number of fused-ring (bicyclic) bond motifs is 2. The number of anilines is 1. The Bertz CT molecular complexity index is 1420. The fourth-order valence-corrected chi connectivity index (χ4v) is 4.89. The molecule has 0 aliphatic heterocycles. The summed E-state index contributed by atoms with van der Waals surface area (Å²) in [7, 11) is 3.28. The summed E-state index contributed by atoms with van der Waals surface area (Å²) >= 11 is 0. The molecule has 0 spiro atoms. The van der Waals surface area contributed by atoms with Gasteiger partial charge in [0.25, 0.3) is 11.8 Å². The number of likely N-dealkylation sites (N-methyl/N-ethyl adjacent to an activating group) is 1. The molecule has 36 heavy (non-hydrogen) atoms. The van der Waals surface area contributed by atoms with Crippen molar-refractivity contribution in [3.8, 4) is 5.75 Å². The lowest BCUT2D eigenvalue weighted by atomic mass is 9.90. The van der Waals surface area contributed by atoms with Crippen molar-refractivity contribution in [3.63, 3.8) is 0 Å². The lowest BCUT2D eigenvalue weighted by molar-refractivity contribution is -0.140. The van der Waals surface area contributed by atoms with Gasteiger partial charge in [0.2, 0.25) is 0 Å². The molecule has 0 radical (unpaired) electrons. The number of aromatic nitrogens is 5. The molecule has 5 rings (SSSR count). The molecule has 1 aliphatic carbocycles. The highest BCUT2D eigenvalue weighted by atomic mass is 16.5. The molecule has 1 aromatic carbocycles. The van der Waals surface area contributed by atoms with Crippen LogP contribution >= 0.6 is 0 Å². The van der Waals surface area contributed by atoms with Gasteiger partial charge in [-0.15, -0.1) is 0 Å². The number of hydrogen-bond acceptors (Lipinski definition) is 7. The number of amides is 2. The summed E-state index contributed by atoms with van der Waals surface area (Å²) in [5.41, 5.74) is 1.76. The van der Waals surface area contributed by atoms with Crippen molar-refractivity contribution in [1.82, 2.24) is 29.3 Å². The van der Waals surface area contributed by atoms with Crippen LogP contribution in [0, 0.1) is 0 Å². The van der Waals surface area contributed by atoms with E-state index in [1.165, 1.54) is 14.0 Å². The molecular formula is C25H29N7O4. The van der Waals surface area contributed by atoms with Crippen LogP contribution in [0.15, 0.2) is 42.9 Å². The number of hydrogen-bond donors (Lipinski definition) is 2. The minimum Gasteiger partial charge on any atom is -0.496 e. The zero-order valence-corrected chi connectivity index (χ0v) is 20.5. The first kappa shape index (κ1) is 23.7. The number of methoxy groups -OCH3 is 1. The van der Waals surface area contributed by atoms with Crippen LogP contribution in [0.1, 0.15) is 49.0 Å². The number of benzene rings is 1. The molecule has 1 atom stereocenters. The molecule has 2 amide bonds. The molecule has 4 aromatic rings. The number of carbonyl (C=O) groups excluding carboxylic acids is 2. The predicted octanol–water partition coefficient (Wildman–Crippen LogP) is 2.66. The Kier molecular flexibility index (Phi) is 6.31. The minimum absolute atomic E-state index is 0.109. The summed E-state index contributed by atoms with van der Waals surface area (Å²) in [6.07, 6.45) is 7.55. The highest BCUT2D eigenvalue weighted by Crippen LogP contribution is 2.33. The third kappa shape index (κ3) is 4.37. The number of ether oxygens (including phenoxy) is 1. The molecule has 1 fully saturated rings. The first-order chi connectivity index (χ1) is 17.4. The second-order valence-electron chi connectivity index (χ2n) is 9.20. The fourth-order valence-electron chi connectivity index (χ4n) is 4.89. The van der Waals surface area contributed by atoms with E-state index in [-0.39, 0.29) is 23.9 Å². The lowest BCUT2D eigenvalue weighted by Gasteiger charge is -2.35. The SMILES string of the molecule is COc1cc2nn([C@H]3CC[C@H](N(C)C(=O)[C@H](C)O)CC3)cc2cc1C(=O)Nc1cnc2cccnn12. The van der Waals surface area contributed by atoms with Crippen LogP contribution in [0.2, 0.25) is 0 Å². The van der Waals surface area contributed by atoms with E-state index in [2.05, 4.69) is 15.4 Å². The quantitative estimate of drug-likeness (QED) is 0.425. The lowest BCUT2D eigenvalue weighted by Crippen LogP contribution is -2.43. The van der Waals surface area contributed by atoms with Crippen LogP contribution in [-0.2, 0) is 4.79 Å². The highest BCUT2D eigenvalue weighted by Gasteiger charge is 2.29. The Morgan fingerprint density at radius 1 is 1.25 bits per heavy atom. The molecule has 1 saturated carbocycles. The summed E-state index contributed by atoms with van der Waals surface area (Å²) in [5, 5.41) is 22.3. The highest BCUT2D eigenvalue weighted by molar-refractivity contribution is 6.08. The third-order valence-electron chi connectivity index (χ3n) is 6.90. The summed E-state index contributed by atoms with van der Waals surface area (Å²) in [4.78, 5) is 31.2. The monoisotopic (exact) mass is 491 g/mol. The molecule has 3 heterocycles. The van der Waals surface area contributed by atoms with Crippen molar-refractivity contribution in [1.29, 1.82) is 0 Å². The molecule has 0 unspecified atom stereocenters. The molecule has 2 N–H and O–H groups in total. The maximum Gasteiger partial charge on any atom is 0.260 e. The first-order valence-electron chi connectivity index (χ1n) is 12.0. The van der Waals surface area contributed by atoms with Crippen LogP contribution < -0.4 is 10.1 Å². The molecule has 11 nitrogen and oxygen atoms in total. The molecule has 1 aliphatic rings. The third-order valence-corrected chi connectivity index (χ3v) is 6.90. The summed E-state index contributed by atoms with van der Waals surface area (Å²) in [6, 6.07) is 7.44. The Morgan fingerprint density at radius 2 is 2.03 bits per heavy atom. The normalized spacial score (nSPS) is 18.8. The van der Waals surface area contributed by atoms with Gasteiger partial charge in [-0.2, -0.15) is 14.7 Å². The molecule has 0 bridgehead atoms. The largest absolute Gasteiger partial charge is 0.496 e. The Hall–Kier alpha value is -3.99. The zero-order valence-electron chi connectivity index (χ0n) is 20.5. The van der Waals surface area contributed by atoms with Crippen LogP contribution in [0.4, 0.5) is 5.82 Å². The van der Waals surface area contributed by atoms with Gasteiger partial charge in [0, 0.05) is 36.9 Å². The van der Waals surface area contributed by atoms with E-state index in [1.807, 2.05) is 10.9 Å². The van der Waals surface area contributed by atoms with E-state index in [0.29, 0.717) is 22.8 Å². The molecular weight excluding hydrogens is 462 g/mol. The fraction of sp³-hybridized carbons (Fsp3) is 0.400. The second kappa shape index (κ2) is 9.57. The van der Waals surface area contributed by atoms with Crippen molar-refractivity contribution in [3.05, 3.63) is 48.4 Å². The van der Waals surface area contributed by atoms with Crippen molar-refractivity contribution in [2.24, 2.45) is 0 Å². The molecule has 3 aromatic heterocycles. The number of nitrogens with zero attached hydrogens (tertiary/aromatic N) is 6. The van der Waals surface area contributed by atoms with Gasteiger partial charge in [-0.3, -0.25) is 14.3 Å². The average molecular weight is 492 g/mol. The van der Waals surface area contributed by atoms with E-state index in [4.69, 9.17) is 9.84 Å². The molecule has 11 heteroatoms. The Labute approximate surface area is 207 Å². The van der Waals surface area contributed by atoms with Gasteiger partial charge in [-0.05, 0) is 50.8 Å². The van der Waals surface area contributed by atoms with Gasteiger partial charge >= 0.3 is 0 Å². The average Bonchev–Trinajstić information content (AvgIpc) is 3.50. The van der Waals surface area contributed by atoms with Gasteiger partial charge in [0.15, 0.2) is 11.5 Å².